The number of nitrogens with two attached hydrogens (primary N) is 1. The lowest BCUT2D eigenvalue weighted by Gasteiger charge is -2.24. The van der Waals surface area contributed by atoms with E-state index >= 15 is 0 Å². The van der Waals surface area contributed by atoms with E-state index in [-0.39, 0.29) is 10.8 Å². The van der Waals surface area contributed by atoms with Crippen LogP contribution >= 0.6 is 15.9 Å². The molecule has 1 aromatic carbocycles. The van der Waals surface area contributed by atoms with Crippen LogP contribution in [0.15, 0.2) is 27.6 Å². The second-order valence-electron chi connectivity index (χ2n) is 5.04. The number of carbonyl (C=O) groups is 1. The van der Waals surface area contributed by atoms with E-state index in [2.05, 4.69) is 29.8 Å². The van der Waals surface area contributed by atoms with Gasteiger partial charge in [-0.3, -0.25) is 4.79 Å². The lowest BCUT2D eigenvalue weighted by molar-refractivity contribution is 0.0739. The lowest BCUT2D eigenvalue weighted by Crippen LogP contribution is -2.34. The first kappa shape index (κ1) is 18.1. The molecule has 1 unspecified atom stereocenters. The van der Waals surface area contributed by atoms with E-state index < -0.39 is 10.0 Å². The van der Waals surface area contributed by atoms with Crippen molar-refractivity contribution in [3.63, 3.8) is 0 Å². The Balaban J connectivity index is 3.16. The number of hydrogen-bond acceptors (Lipinski definition) is 3. The molecule has 0 heterocycles. The minimum atomic E-state index is -3.83. The fourth-order valence-electron chi connectivity index (χ4n) is 1.88. The van der Waals surface area contributed by atoms with Gasteiger partial charge in [0.25, 0.3) is 5.91 Å². The smallest absolute Gasteiger partial charge is 0.255 e. The quantitative estimate of drug-likeness (QED) is 0.828. The molecule has 1 aromatic rings. The highest BCUT2D eigenvalue weighted by Gasteiger charge is 2.20. The molecule has 1 rings (SSSR count). The molecule has 0 spiro atoms. The van der Waals surface area contributed by atoms with E-state index in [9.17, 15) is 13.2 Å². The largest absolute Gasteiger partial charge is 0.339 e. The summed E-state index contributed by atoms with van der Waals surface area (Å²) >= 11 is 3.30. The summed E-state index contributed by atoms with van der Waals surface area (Å²) < 4.78 is 23.4. The molecular formula is C14H21BrN2O3S. The summed E-state index contributed by atoms with van der Waals surface area (Å²) in [6, 6.07) is 4.23. The minimum absolute atomic E-state index is 0.0614. The highest BCUT2D eigenvalue weighted by Crippen LogP contribution is 2.22. The summed E-state index contributed by atoms with van der Waals surface area (Å²) in [6.07, 6.45) is 0.974. The first-order valence-electron chi connectivity index (χ1n) is 6.82. The van der Waals surface area contributed by atoms with Crippen LogP contribution in [0.1, 0.15) is 37.6 Å². The number of amides is 1. The summed E-state index contributed by atoms with van der Waals surface area (Å²) in [5, 5.41) is 5.12. The van der Waals surface area contributed by atoms with Crippen molar-refractivity contribution in [1.29, 1.82) is 0 Å². The number of primary sulfonamides is 1. The molecule has 1 amide bonds. The molecule has 0 aliphatic heterocycles. The van der Waals surface area contributed by atoms with Crippen molar-refractivity contribution in [3.8, 4) is 0 Å². The molecule has 0 aromatic heterocycles. The van der Waals surface area contributed by atoms with E-state index in [1.165, 1.54) is 18.2 Å². The number of benzene rings is 1. The molecule has 0 aliphatic rings. The predicted octanol–water partition coefficient (Wildman–Crippen LogP) is 2.60. The third-order valence-electron chi connectivity index (χ3n) is 3.39. The second kappa shape index (κ2) is 7.38. The second-order valence-corrected chi connectivity index (χ2v) is 7.46. The maximum Gasteiger partial charge on any atom is 0.255 e. The number of rotatable bonds is 6. The molecule has 0 saturated heterocycles. The Bertz CT molecular complexity index is 617. The normalized spacial score (nSPS) is 13.0. The summed E-state index contributed by atoms with van der Waals surface area (Å²) in [6.45, 7) is 7.25. The van der Waals surface area contributed by atoms with Gasteiger partial charge in [-0.2, -0.15) is 0 Å². The number of sulfonamides is 1. The zero-order chi connectivity index (χ0) is 16.2. The van der Waals surface area contributed by atoms with Crippen LogP contribution in [0.4, 0.5) is 0 Å². The van der Waals surface area contributed by atoms with E-state index in [1.54, 1.807) is 4.90 Å². The summed E-state index contributed by atoms with van der Waals surface area (Å²) in [5.41, 5.74) is 0.312. The predicted molar refractivity (Wildman–Crippen MR) is 86.5 cm³/mol. The summed E-state index contributed by atoms with van der Waals surface area (Å²) in [5.74, 6) is 0.185. The SMILES string of the molecule is CCC(C)CN(CC)C(=O)c1cc(S(N)(=O)=O)ccc1Br. The van der Waals surface area contributed by atoms with Crippen molar-refractivity contribution in [2.24, 2.45) is 11.1 Å². The zero-order valence-corrected chi connectivity index (χ0v) is 14.9. The number of hydrogen-bond donors (Lipinski definition) is 1. The van der Waals surface area contributed by atoms with Crippen molar-refractivity contribution >= 4 is 31.9 Å². The van der Waals surface area contributed by atoms with E-state index in [0.717, 1.165) is 6.42 Å². The Labute approximate surface area is 134 Å². The van der Waals surface area contributed by atoms with Crippen LogP contribution in [-0.2, 0) is 10.0 Å². The first-order chi connectivity index (χ1) is 9.70. The molecule has 118 valence electrons. The zero-order valence-electron chi connectivity index (χ0n) is 12.5. The van der Waals surface area contributed by atoms with Gasteiger partial charge in [0, 0.05) is 17.6 Å². The molecule has 0 radical (unpaired) electrons. The van der Waals surface area contributed by atoms with Crippen LogP contribution in [0, 0.1) is 5.92 Å². The summed E-state index contributed by atoms with van der Waals surface area (Å²) in [4.78, 5) is 14.2. The average molecular weight is 377 g/mol. The van der Waals surface area contributed by atoms with E-state index in [4.69, 9.17) is 5.14 Å². The van der Waals surface area contributed by atoms with Crippen LogP contribution in [0.2, 0.25) is 0 Å². The fraction of sp³-hybridized carbons (Fsp3) is 0.500. The van der Waals surface area contributed by atoms with Crippen molar-refractivity contribution in [1.82, 2.24) is 4.90 Å². The maximum atomic E-state index is 12.6. The standard InChI is InChI=1S/C14H21BrN2O3S/c1-4-10(3)9-17(5-2)14(18)12-8-11(21(16,19)20)6-7-13(12)15/h6-8,10H,4-5,9H2,1-3H3,(H2,16,19,20). The van der Waals surface area contributed by atoms with Crippen LogP contribution in [0.5, 0.6) is 0 Å². The maximum absolute atomic E-state index is 12.6. The Kier molecular flexibility index (Phi) is 6.37. The van der Waals surface area contributed by atoms with Gasteiger partial charge in [0.15, 0.2) is 0 Å². The van der Waals surface area contributed by atoms with Gasteiger partial charge in [-0.25, -0.2) is 13.6 Å². The van der Waals surface area contributed by atoms with Crippen LogP contribution in [0.25, 0.3) is 0 Å². The van der Waals surface area contributed by atoms with Crippen molar-refractivity contribution in [2.45, 2.75) is 32.1 Å². The Morgan fingerprint density at radius 1 is 1.38 bits per heavy atom. The number of nitrogens with zero attached hydrogens (tertiary/aromatic N) is 1. The molecular weight excluding hydrogens is 356 g/mol. The Morgan fingerprint density at radius 2 is 2.00 bits per heavy atom. The lowest BCUT2D eigenvalue weighted by atomic mass is 10.1. The molecule has 0 bridgehead atoms. The molecule has 0 fully saturated rings. The van der Waals surface area contributed by atoms with Gasteiger partial charge in [0.1, 0.15) is 0 Å². The van der Waals surface area contributed by atoms with Gasteiger partial charge in [-0.1, -0.05) is 20.3 Å². The van der Waals surface area contributed by atoms with Gasteiger partial charge < -0.3 is 4.90 Å². The third-order valence-corrected chi connectivity index (χ3v) is 5.00. The molecule has 0 saturated carbocycles. The Morgan fingerprint density at radius 3 is 2.48 bits per heavy atom. The highest BCUT2D eigenvalue weighted by molar-refractivity contribution is 9.10. The number of carbonyl (C=O) groups excluding carboxylic acids is 1. The monoisotopic (exact) mass is 376 g/mol. The van der Waals surface area contributed by atoms with E-state index in [0.29, 0.717) is 29.0 Å². The van der Waals surface area contributed by atoms with Gasteiger partial charge in [-0.05, 0) is 47.0 Å². The van der Waals surface area contributed by atoms with Crippen LogP contribution in [0.3, 0.4) is 0 Å². The van der Waals surface area contributed by atoms with Gasteiger partial charge in [0.05, 0.1) is 10.5 Å². The molecule has 0 aliphatic carbocycles. The van der Waals surface area contributed by atoms with Crippen molar-refractivity contribution in [2.75, 3.05) is 13.1 Å². The van der Waals surface area contributed by atoms with Gasteiger partial charge in [0.2, 0.25) is 10.0 Å². The third kappa shape index (κ3) is 4.79. The van der Waals surface area contributed by atoms with Crippen molar-refractivity contribution in [3.05, 3.63) is 28.2 Å². The van der Waals surface area contributed by atoms with Gasteiger partial charge in [-0.15, -0.1) is 0 Å². The molecule has 2 N–H and O–H groups in total. The highest BCUT2D eigenvalue weighted by atomic mass is 79.9. The average Bonchev–Trinajstić information content (AvgIpc) is 2.42. The minimum Gasteiger partial charge on any atom is -0.339 e. The van der Waals surface area contributed by atoms with Crippen LogP contribution in [-0.4, -0.2) is 32.3 Å². The molecule has 5 nitrogen and oxygen atoms in total. The van der Waals surface area contributed by atoms with Gasteiger partial charge >= 0.3 is 0 Å². The molecule has 1 atom stereocenters. The summed E-state index contributed by atoms with van der Waals surface area (Å²) in [7, 11) is -3.83. The van der Waals surface area contributed by atoms with E-state index in [1.807, 2.05) is 6.92 Å². The fourth-order valence-corrected chi connectivity index (χ4v) is 2.83. The number of halogens is 1. The van der Waals surface area contributed by atoms with Crippen molar-refractivity contribution < 1.29 is 13.2 Å². The first-order valence-corrected chi connectivity index (χ1v) is 9.16. The Hall–Kier alpha value is -0.920. The van der Waals surface area contributed by atoms with Crippen LogP contribution < -0.4 is 5.14 Å². The topological polar surface area (TPSA) is 80.5 Å². The molecule has 21 heavy (non-hydrogen) atoms. The molecule has 7 heteroatoms.